The van der Waals surface area contributed by atoms with Crippen molar-refractivity contribution in [2.75, 3.05) is 0 Å². The first-order valence-electron chi connectivity index (χ1n) is 10.4. The van der Waals surface area contributed by atoms with Crippen LogP contribution >= 0.6 is 11.6 Å². The molecular formula is C22H24ClF3N2O2. The van der Waals surface area contributed by atoms with E-state index in [0.29, 0.717) is 12.8 Å². The van der Waals surface area contributed by atoms with Gasteiger partial charge in [0.2, 0.25) is 0 Å². The molecule has 0 spiro atoms. The van der Waals surface area contributed by atoms with Gasteiger partial charge in [-0.2, -0.15) is 13.2 Å². The van der Waals surface area contributed by atoms with Crippen LogP contribution in [0.1, 0.15) is 78.2 Å². The highest BCUT2D eigenvalue weighted by molar-refractivity contribution is 6.31. The molecule has 0 radical (unpaired) electrons. The maximum atomic E-state index is 13.5. The van der Waals surface area contributed by atoms with E-state index in [1.54, 1.807) is 0 Å². The van der Waals surface area contributed by atoms with Gasteiger partial charge < -0.3 is 10.1 Å². The van der Waals surface area contributed by atoms with E-state index in [2.05, 4.69) is 9.97 Å². The first-order valence-corrected chi connectivity index (χ1v) is 10.8. The highest BCUT2D eigenvalue weighted by atomic mass is 35.5. The molecule has 2 N–H and O–H groups in total. The SMILES string of the molecule is O=C(O)C1CCC(c2c(Cc3c(Cl)ccnc3C(F)(F)F)[nH]c3c2CCCC3)CC1. The van der Waals surface area contributed by atoms with Gasteiger partial charge in [-0.15, -0.1) is 0 Å². The number of aromatic nitrogens is 2. The molecule has 0 atom stereocenters. The lowest BCUT2D eigenvalue weighted by Crippen LogP contribution is -2.21. The lowest BCUT2D eigenvalue weighted by atomic mass is 9.76. The number of aromatic amines is 1. The Labute approximate surface area is 177 Å². The minimum absolute atomic E-state index is 0.00858. The second-order valence-corrected chi connectivity index (χ2v) is 8.77. The quantitative estimate of drug-likeness (QED) is 0.621. The number of hydrogen-bond donors (Lipinski definition) is 2. The van der Waals surface area contributed by atoms with E-state index in [1.165, 1.54) is 11.6 Å². The molecule has 2 aromatic rings. The number of aliphatic carboxylic acids is 1. The number of carboxylic acids is 1. The van der Waals surface area contributed by atoms with Crippen molar-refractivity contribution >= 4 is 17.6 Å². The number of pyridine rings is 1. The average molecular weight is 441 g/mol. The lowest BCUT2D eigenvalue weighted by Gasteiger charge is -2.28. The van der Waals surface area contributed by atoms with Crippen LogP contribution < -0.4 is 0 Å². The summed E-state index contributed by atoms with van der Waals surface area (Å²) in [5.74, 6) is -0.927. The average Bonchev–Trinajstić information content (AvgIpc) is 3.06. The zero-order valence-corrected chi connectivity index (χ0v) is 17.2. The van der Waals surface area contributed by atoms with Gasteiger partial charge in [0.25, 0.3) is 0 Å². The van der Waals surface area contributed by atoms with Crippen LogP contribution in [0.5, 0.6) is 0 Å². The van der Waals surface area contributed by atoms with Crippen molar-refractivity contribution in [1.29, 1.82) is 0 Å². The Kier molecular flexibility index (Phi) is 5.84. The molecule has 2 aliphatic carbocycles. The van der Waals surface area contributed by atoms with E-state index in [9.17, 15) is 23.1 Å². The Morgan fingerprint density at radius 2 is 1.90 bits per heavy atom. The highest BCUT2D eigenvalue weighted by Gasteiger charge is 2.37. The summed E-state index contributed by atoms with van der Waals surface area (Å²) >= 11 is 6.18. The zero-order valence-electron chi connectivity index (χ0n) is 16.5. The van der Waals surface area contributed by atoms with Crippen LogP contribution in [0.3, 0.4) is 0 Å². The van der Waals surface area contributed by atoms with Crippen molar-refractivity contribution < 1.29 is 23.1 Å². The lowest BCUT2D eigenvalue weighted by molar-refractivity contribution is -0.143. The molecule has 0 aromatic carbocycles. The predicted octanol–water partition coefficient (Wildman–Crippen LogP) is 5.91. The molecule has 0 saturated heterocycles. The van der Waals surface area contributed by atoms with E-state index in [0.717, 1.165) is 61.7 Å². The summed E-state index contributed by atoms with van der Waals surface area (Å²) in [6, 6.07) is 1.40. The number of nitrogens with zero attached hydrogens (tertiary/aromatic N) is 1. The maximum absolute atomic E-state index is 13.5. The van der Waals surface area contributed by atoms with Crippen LogP contribution in [0.15, 0.2) is 12.3 Å². The second-order valence-electron chi connectivity index (χ2n) is 8.36. The summed E-state index contributed by atoms with van der Waals surface area (Å²) in [6.45, 7) is 0. The molecule has 0 aliphatic heterocycles. The molecule has 8 heteroatoms. The molecule has 1 fully saturated rings. The van der Waals surface area contributed by atoms with Crippen LogP contribution in [-0.4, -0.2) is 21.0 Å². The Balaban J connectivity index is 1.72. The first kappa shape index (κ1) is 21.2. The number of carbonyl (C=O) groups is 1. The molecule has 0 bridgehead atoms. The third-order valence-corrected chi connectivity index (χ3v) is 6.88. The van der Waals surface area contributed by atoms with Crippen LogP contribution in [0, 0.1) is 5.92 Å². The van der Waals surface area contributed by atoms with E-state index in [-0.39, 0.29) is 28.8 Å². The monoisotopic (exact) mass is 440 g/mol. The molecular weight excluding hydrogens is 417 g/mol. The fraction of sp³-hybridized carbons (Fsp3) is 0.545. The Morgan fingerprint density at radius 1 is 1.20 bits per heavy atom. The topological polar surface area (TPSA) is 66.0 Å². The summed E-state index contributed by atoms with van der Waals surface area (Å²) in [5.41, 5.74) is 3.26. The van der Waals surface area contributed by atoms with Gasteiger partial charge in [-0.05, 0) is 74.5 Å². The van der Waals surface area contributed by atoms with Gasteiger partial charge in [-0.3, -0.25) is 9.78 Å². The Morgan fingerprint density at radius 3 is 2.57 bits per heavy atom. The van der Waals surface area contributed by atoms with E-state index < -0.39 is 17.8 Å². The molecule has 0 amide bonds. The summed E-state index contributed by atoms with van der Waals surface area (Å²) in [5, 5.41) is 9.36. The molecule has 162 valence electrons. The number of fused-ring (bicyclic) bond motifs is 1. The number of nitrogens with one attached hydrogen (secondary N) is 1. The molecule has 2 heterocycles. The maximum Gasteiger partial charge on any atom is 0.433 e. The van der Waals surface area contributed by atoms with Gasteiger partial charge >= 0.3 is 12.1 Å². The van der Waals surface area contributed by atoms with Gasteiger partial charge in [0, 0.05) is 34.6 Å². The smallest absolute Gasteiger partial charge is 0.433 e. The number of halogens is 4. The first-order chi connectivity index (χ1) is 14.3. The third kappa shape index (κ3) is 4.09. The Hall–Kier alpha value is -2.02. The van der Waals surface area contributed by atoms with Crippen molar-refractivity contribution in [3.8, 4) is 0 Å². The molecule has 4 rings (SSSR count). The molecule has 2 aromatic heterocycles. The fourth-order valence-electron chi connectivity index (χ4n) is 5.09. The van der Waals surface area contributed by atoms with Gasteiger partial charge in [0.05, 0.1) is 5.92 Å². The largest absolute Gasteiger partial charge is 0.481 e. The third-order valence-electron chi connectivity index (χ3n) is 6.53. The van der Waals surface area contributed by atoms with Crippen LogP contribution in [-0.2, 0) is 30.2 Å². The number of H-pyrrole nitrogens is 1. The minimum Gasteiger partial charge on any atom is -0.481 e. The zero-order chi connectivity index (χ0) is 21.5. The van der Waals surface area contributed by atoms with Crippen LogP contribution in [0.25, 0.3) is 0 Å². The van der Waals surface area contributed by atoms with Crippen molar-refractivity contribution in [1.82, 2.24) is 9.97 Å². The van der Waals surface area contributed by atoms with Gasteiger partial charge in [-0.1, -0.05) is 11.6 Å². The fourth-order valence-corrected chi connectivity index (χ4v) is 5.30. The highest BCUT2D eigenvalue weighted by Crippen LogP contribution is 2.43. The number of alkyl halides is 3. The summed E-state index contributed by atoms with van der Waals surface area (Å²) in [6.07, 6.45) is 3.14. The van der Waals surface area contributed by atoms with E-state index in [4.69, 9.17) is 11.6 Å². The molecule has 4 nitrogen and oxygen atoms in total. The summed E-state index contributed by atoms with van der Waals surface area (Å²) in [7, 11) is 0. The Bertz CT molecular complexity index is 947. The normalized spacial score (nSPS) is 22.0. The van der Waals surface area contributed by atoms with Gasteiger partial charge in [-0.25, -0.2) is 0 Å². The standard InChI is InChI=1S/C22H24ClF3N2O2/c23-16-9-10-27-20(22(24,25)26)15(16)11-18-19(14-3-1-2-4-17(14)28-18)12-5-7-13(8-6-12)21(29)30/h9-10,12-13,28H,1-8,11H2,(H,29,30). The van der Waals surface area contributed by atoms with Crippen molar-refractivity contribution in [3.05, 3.63) is 51.1 Å². The number of rotatable bonds is 4. The van der Waals surface area contributed by atoms with Crippen molar-refractivity contribution in [3.63, 3.8) is 0 Å². The summed E-state index contributed by atoms with van der Waals surface area (Å²) in [4.78, 5) is 18.3. The number of carboxylic acid groups (broad SMARTS) is 1. The van der Waals surface area contributed by atoms with Crippen molar-refractivity contribution in [2.45, 2.75) is 69.9 Å². The molecule has 1 saturated carbocycles. The van der Waals surface area contributed by atoms with Gasteiger partial charge in [0.15, 0.2) is 0 Å². The molecule has 2 aliphatic rings. The van der Waals surface area contributed by atoms with E-state index in [1.807, 2.05) is 0 Å². The number of aryl methyl sites for hydroxylation is 1. The van der Waals surface area contributed by atoms with Gasteiger partial charge in [0.1, 0.15) is 5.69 Å². The number of hydrogen-bond acceptors (Lipinski definition) is 2. The molecule has 0 unspecified atom stereocenters. The van der Waals surface area contributed by atoms with Crippen molar-refractivity contribution in [2.24, 2.45) is 5.92 Å². The van der Waals surface area contributed by atoms with E-state index >= 15 is 0 Å². The van der Waals surface area contributed by atoms with Crippen LogP contribution in [0.4, 0.5) is 13.2 Å². The minimum atomic E-state index is -4.58. The summed E-state index contributed by atoms with van der Waals surface area (Å²) < 4.78 is 40.6. The predicted molar refractivity (Wildman–Crippen MR) is 107 cm³/mol. The van der Waals surface area contributed by atoms with Crippen LogP contribution in [0.2, 0.25) is 5.02 Å². The second kappa shape index (κ2) is 8.25. The molecule has 30 heavy (non-hydrogen) atoms.